The second-order valence-corrected chi connectivity index (χ2v) is 4.78. The number of ether oxygens (including phenoxy) is 1. The molecule has 1 N–H and O–H groups in total. The van der Waals surface area contributed by atoms with E-state index in [-0.39, 0.29) is 6.61 Å². The predicted octanol–water partition coefficient (Wildman–Crippen LogP) is 3.91. The van der Waals surface area contributed by atoms with Gasteiger partial charge in [-0.3, -0.25) is 0 Å². The predicted molar refractivity (Wildman–Crippen MR) is 72.5 cm³/mol. The summed E-state index contributed by atoms with van der Waals surface area (Å²) >= 11 is 0. The first-order chi connectivity index (χ1) is 9.45. The number of aryl methyl sites for hydroxylation is 1. The number of aliphatic hydroxyl groups is 1. The molecule has 2 nitrogen and oxygen atoms in total. The maximum Gasteiger partial charge on any atom is 0.126 e. The number of halogens is 2. The molecule has 0 fully saturated rings. The molecule has 2 rings (SSSR count). The Hall–Kier alpha value is -1.94. The van der Waals surface area contributed by atoms with Crippen LogP contribution in [-0.4, -0.2) is 5.11 Å². The fourth-order valence-electron chi connectivity index (χ4n) is 1.97. The van der Waals surface area contributed by atoms with E-state index in [0.29, 0.717) is 16.9 Å². The van der Waals surface area contributed by atoms with Crippen molar-refractivity contribution in [2.75, 3.05) is 0 Å². The molecule has 1 unspecified atom stereocenters. The Morgan fingerprint density at radius 1 is 1.10 bits per heavy atom. The molecule has 0 spiro atoms. The molecule has 0 amide bonds. The third-order valence-electron chi connectivity index (χ3n) is 2.94. The molecule has 2 aromatic carbocycles. The number of hydrogen-bond donors (Lipinski definition) is 1. The number of hydrogen-bond acceptors (Lipinski definition) is 2. The summed E-state index contributed by atoms with van der Waals surface area (Å²) in [7, 11) is 0. The Bertz CT molecular complexity index is 589. The Labute approximate surface area is 116 Å². The zero-order valence-electron chi connectivity index (χ0n) is 11.4. The summed E-state index contributed by atoms with van der Waals surface area (Å²) in [5.74, 6) is -0.753. The highest BCUT2D eigenvalue weighted by Crippen LogP contribution is 2.27. The van der Waals surface area contributed by atoms with Crippen molar-refractivity contribution in [1.29, 1.82) is 0 Å². The maximum atomic E-state index is 13.1. The van der Waals surface area contributed by atoms with E-state index in [2.05, 4.69) is 0 Å². The molecule has 0 aliphatic rings. The van der Waals surface area contributed by atoms with E-state index in [0.717, 1.165) is 11.6 Å². The van der Waals surface area contributed by atoms with Crippen LogP contribution in [0.2, 0.25) is 0 Å². The summed E-state index contributed by atoms with van der Waals surface area (Å²) in [6.07, 6.45) is -0.671. The summed E-state index contributed by atoms with van der Waals surface area (Å²) in [6.45, 7) is 3.58. The molecule has 20 heavy (non-hydrogen) atoms. The highest BCUT2D eigenvalue weighted by molar-refractivity contribution is 5.38. The maximum absolute atomic E-state index is 13.1. The SMILES string of the molecule is Cc1ccc(C(C)O)c(OCc2cc(F)cc(F)c2)c1. The molecule has 106 valence electrons. The van der Waals surface area contributed by atoms with E-state index in [9.17, 15) is 13.9 Å². The molecule has 0 aliphatic carbocycles. The molecule has 0 aliphatic heterocycles. The lowest BCUT2D eigenvalue weighted by Crippen LogP contribution is -2.02. The Morgan fingerprint density at radius 3 is 2.35 bits per heavy atom. The quantitative estimate of drug-likeness (QED) is 0.919. The van der Waals surface area contributed by atoms with Crippen LogP contribution in [-0.2, 0) is 6.61 Å². The van der Waals surface area contributed by atoms with Crippen LogP contribution in [0.1, 0.15) is 29.7 Å². The van der Waals surface area contributed by atoms with Crippen molar-refractivity contribution in [3.05, 3.63) is 64.7 Å². The van der Waals surface area contributed by atoms with Crippen molar-refractivity contribution in [2.45, 2.75) is 26.6 Å². The lowest BCUT2D eigenvalue weighted by atomic mass is 10.1. The highest BCUT2D eigenvalue weighted by Gasteiger charge is 2.10. The minimum Gasteiger partial charge on any atom is -0.489 e. The van der Waals surface area contributed by atoms with Crippen LogP contribution < -0.4 is 4.74 Å². The molecule has 4 heteroatoms. The molecular weight excluding hydrogens is 262 g/mol. The molecule has 0 bridgehead atoms. The number of aliphatic hydroxyl groups excluding tert-OH is 1. The van der Waals surface area contributed by atoms with Gasteiger partial charge in [-0.1, -0.05) is 12.1 Å². The van der Waals surface area contributed by atoms with Crippen molar-refractivity contribution in [2.24, 2.45) is 0 Å². The van der Waals surface area contributed by atoms with Gasteiger partial charge in [-0.2, -0.15) is 0 Å². The second-order valence-electron chi connectivity index (χ2n) is 4.78. The van der Waals surface area contributed by atoms with Gasteiger partial charge in [-0.05, 0) is 43.2 Å². The Kier molecular flexibility index (Phi) is 4.35. The average molecular weight is 278 g/mol. The fourth-order valence-corrected chi connectivity index (χ4v) is 1.97. The molecule has 1 atom stereocenters. The first-order valence-electron chi connectivity index (χ1n) is 6.32. The van der Waals surface area contributed by atoms with Crippen molar-refractivity contribution < 1.29 is 18.6 Å². The third kappa shape index (κ3) is 3.54. The zero-order valence-corrected chi connectivity index (χ0v) is 11.4. The topological polar surface area (TPSA) is 29.5 Å². The van der Waals surface area contributed by atoms with Gasteiger partial charge in [0.1, 0.15) is 24.0 Å². The van der Waals surface area contributed by atoms with E-state index in [1.165, 1.54) is 12.1 Å². The summed E-state index contributed by atoms with van der Waals surface area (Å²) in [4.78, 5) is 0. The van der Waals surface area contributed by atoms with Gasteiger partial charge in [0.2, 0.25) is 0 Å². The number of rotatable bonds is 4. The summed E-state index contributed by atoms with van der Waals surface area (Å²) in [5, 5.41) is 9.68. The van der Waals surface area contributed by atoms with Crippen molar-refractivity contribution >= 4 is 0 Å². The van der Waals surface area contributed by atoms with Crippen LogP contribution in [0.25, 0.3) is 0 Å². The van der Waals surface area contributed by atoms with E-state index >= 15 is 0 Å². The van der Waals surface area contributed by atoms with Gasteiger partial charge in [-0.15, -0.1) is 0 Å². The lowest BCUT2D eigenvalue weighted by molar-refractivity contribution is 0.190. The minimum atomic E-state index is -0.671. The van der Waals surface area contributed by atoms with Crippen LogP contribution >= 0.6 is 0 Å². The molecule has 0 saturated carbocycles. The van der Waals surface area contributed by atoms with Gasteiger partial charge < -0.3 is 9.84 Å². The smallest absolute Gasteiger partial charge is 0.126 e. The molecular formula is C16H16F2O2. The zero-order chi connectivity index (χ0) is 14.7. The highest BCUT2D eigenvalue weighted by atomic mass is 19.1. The Morgan fingerprint density at radius 2 is 1.75 bits per heavy atom. The van der Waals surface area contributed by atoms with E-state index in [4.69, 9.17) is 4.74 Å². The molecule has 0 aromatic heterocycles. The van der Waals surface area contributed by atoms with E-state index in [1.807, 2.05) is 13.0 Å². The molecule has 0 radical (unpaired) electrons. The van der Waals surface area contributed by atoms with Crippen molar-refractivity contribution in [1.82, 2.24) is 0 Å². The molecule has 0 heterocycles. The monoisotopic (exact) mass is 278 g/mol. The van der Waals surface area contributed by atoms with Gasteiger partial charge in [0.25, 0.3) is 0 Å². The van der Waals surface area contributed by atoms with Crippen LogP contribution in [0.15, 0.2) is 36.4 Å². The van der Waals surface area contributed by atoms with Crippen LogP contribution in [0.4, 0.5) is 8.78 Å². The average Bonchev–Trinajstić information content (AvgIpc) is 2.35. The van der Waals surface area contributed by atoms with E-state index in [1.54, 1.807) is 19.1 Å². The van der Waals surface area contributed by atoms with E-state index < -0.39 is 17.7 Å². The van der Waals surface area contributed by atoms with Gasteiger partial charge in [0.05, 0.1) is 6.10 Å². The Balaban J connectivity index is 2.20. The molecule has 2 aromatic rings. The summed E-state index contributed by atoms with van der Waals surface area (Å²) in [5.41, 5.74) is 2.03. The minimum absolute atomic E-state index is 0.0395. The normalized spacial score (nSPS) is 12.2. The van der Waals surface area contributed by atoms with Gasteiger partial charge in [0.15, 0.2) is 0 Å². The van der Waals surface area contributed by atoms with Crippen molar-refractivity contribution in [3.63, 3.8) is 0 Å². The number of benzene rings is 2. The van der Waals surface area contributed by atoms with Gasteiger partial charge >= 0.3 is 0 Å². The fraction of sp³-hybridized carbons (Fsp3) is 0.250. The standard InChI is InChI=1S/C16H16F2O2/c1-10-3-4-15(11(2)19)16(5-10)20-9-12-6-13(17)8-14(18)7-12/h3-8,11,19H,9H2,1-2H3. The first kappa shape index (κ1) is 14.5. The summed E-state index contributed by atoms with van der Waals surface area (Å²) in [6, 6.07) is 8.70. The largest absolute Gasteiger partial charge is 0.489 e. The van der Waals surface area contributed by atoms with Gasteiger partial charge in [-0.25, -0.2) is 8.78 Å². The van der Waals surface area contributed by atoms with Crippen LogP contribution in [0.5, 0.6) is 5.75 Å². The van der Waals surface area contributed by atoms with Gasteiger partial charge in [0, 0.05) is 11.6 Å². The van der Waals surface area contributed by atoms with Crippen molar-refractivity contribution in [3.8, 4) is 5.75 Å². The van der Waals surface area contributed by atoms with Crippen LogP contribution in [0, 0.1) is 18.6 Å². The molecule has 0 saturated heterocycles. The second kappa shape index (κ2) is 6.01. The first-order valence-corrected chi connectivity index (χ1v) is 6.32. The lowest BCUT2D eigenvalue weighted by Gasteiger charge is -2.14. The summed E-state index contributed by atoms with van der Waals surface area (Å²) < 4.78 is 31.8. The van der Waals surface area contributed by atoms with Crippen LogP contribution in [0.3, 0.4) is 0 Å². The third-order valence-corrected chi connectivity index (χ3v) is 2.94.